The first-order valence-corrected chi connectivity index (χ1v) is 7.09. The molecule has 0 saturated heterocycles. The minimum atomic E-state index is -1.58. The molecular weight excluding hydrogens is 214 g/mol. The van der Waals surface area contributed by atoms with E-state index in [0.29, 0.717) is 18.8 Å². The van der Waals surface area contributed by atoms with Gasteiger partial charge in [-0.15, -0.1) is 0 Å². The quantitative estimate of drug-likeness (QED) is 0.628. The Morgan fingerprint density at radius 1 is 1.12 bits per heavy atom. The predicted octanol–water partition coefficient (Wildman–Crippen LogP) is 2.40. The van der Waals surface area contributed by atoms with Gasteiger partial charge >= 0.3 is 0 Å². The highest BCUT2D eigenvalue weighted by atomic mass is 16.5. The molecule has 4 N–H and O–H groups in total. The zero-order valence-electron chi connectivity index (χ0n) is 11.4. The second-order valence-electron chi connectivity index (χ2n) is 6.28. The molecule has 0 spiro atoms. The van der Waals surface area contributed by atoms with Crippen LogP contribution in [-0.4, -0.2) is 22.0 Å². The van der Waals surface area contributed by atoms with Crippen LogP contribution < -0.4 is 5.73 Å². The molecule has 1 rings (SSSR count). The summed E-state index contributed by atoms with van der Waals surface area (Å²) in [5, 5.41) is 19.7. The Morgan fingerprint density at radius 3 is 2.24 bits per heavy atom. The second kappa shape index (κ2) is 6.72. The molecule has 0 aromatic carbocycles. The molecule has 0 bridgehead atoms. The predicted molar refractivity (Wildman–Crippen MR) is 70.4 cm³/mol. The van der Waals surface area contributed by atoms with Gasteiger partial charge in [0.15, 0.2) is 5.79 Å². The highest BCUT2D eigenvalue weighted by molar-refractivity contribution is 4.78. The zero-order valence-corrected chi connectivity index (χ0v) is 11.4. The maximum atomic E-state index is 9.86. The van der Waals surface area contributed by atoms with Crippen LogP contribution in [0.25, 0.3) is 0 Å². The maximum absolute atomic E-state index is 9.86. The third-order valence-corrected chi connectivity index (χ3v) is 3.69. The minimum absolute atomic E-state index is 0.0770. The lowest BCUT2D eigenvalue weighted by molar-refractivity contribution is -0.179. The smallest absolute Gasteiger partial charge is 0.164 e. The van der Waals surface area contributed by atoms with Crippen LogP contribution in [0.5, 0.6) is 0 Å². The van der Waals surface area contributed by atoms with E-state index in [1.807, 2.05) is 13.8 Å². The van der Waals surface area contributed by atoms with Gasteiger partial charge in [0.1, 0.15) is 0 Å². The van der Waals surface area contributed by atoms with E-state index in [-0.39, 0.29) is 12.0 Å². The zero-order chi connectivity index (χ0) is 12.9. The average Bonchev–Trinajstić information content (AvgIpc) is 2.15. The fraction of sp³-hybridized carbons (Fsp3) is 1.00. The molecule has 1 aliphatic carbocycles. The van der Waals surface area contributed by atoms with Gasteiger partial charge in [-0.2, -0.15) is 0 Å². The summed E-state index contributed by atoms with van der Waals surface area (Å²) in [6.07, 6.45) is 8.17. The molecule has 102 valence electrons. The molecular formula is C14H29NO2. The van der Waals surface area contributed by atoms with Gasteiger partial charge < -0.3 is 15.9 Å². The number of rotatable bonds is 6. The molecule has 3 nitrogen and oxygen atoms in total. The molecule has 0 aliphatic heterocycles. The fourth-order valence-corrected chi connectivity index (χ4v) is 3.09. The van der Waals surface area contributed by atoms with Crippen LogP contribution in [-0.2, 0) is 0 Å². The summed E-state index contributed by atoms with van der Waals surface area (Å²) in [6.45, 7) is 3.99. The van der Waals surface area contributed by atoms with Gasteiger partial charge in [-0.05, 0) is 18.3 Å². The van der Waals surface area contributed by atoms with Gasteiger partial charge in [-0.1, -0.05) is 46.0 Å². The van der Waals surface area contributed by atoms with Crippen molar-refractivity contribution in [1.29, 1.82) is 0 Å². The first kappa shape index (κ1) is 14.9. The summed E-state index contributed by atoms with van der Waals surface area (Å²) in [7, 11) is 0. The largest absolute Gasteiger partial charge is 0.366 e. The van der Waals surface area contributed by atoms with Crippen LogP contribution in [0.4, 0.5) is 0 Å². The van der Waals surface area contributed by atoms with Crippen molar-refractivity contribution in [2.24, 2.45) is 17.6 Å². The molecule has 1 saturated carbocycles. The molecule has 1 aliphatic rings. The molecule has 1 atom stereocenters. The molecule has 0 aromatic heterocycles. The first-order chi connectivity index (χ1) is 7.89. The minimum Gasteiger partial charge on any atom is -0.366 e. The van der Waals surface area contributed by atoms with E-state index in [0.717, 1.165) is 6.42 Å². The summed E-state index contributed by atoms with van der Waals surface area (Å²) in [6, 6.07) is -0.0770. The fourth-order valence-electron chi connectivity index (χ4n) is 3.09. The van der Waals surface area contributed by atoms with Gasteiger partial charge in [0.25, 0.3) is 0 Å². The standard InChI is InChI=1S/C14H29NO2/c1-11(2)9-14(16,17)10-13(15)8-12-6-4-3-5-7-12/h11-13,16-17H,3-10,15H2,1-2H3/t13-/m0/s1. The lowest BCUT2D eigenvalue weighted by atomic mass is 9.83. The number of nitrogens with two attached hydrogens (primary N) is 1. The molecule has 1 fully saturated rings. The summed E-state index contributed by atoms with van der Waals surface area (Å²) in [4.78, 5) is 0. The van der Waals surface area contributed by atoms with Crippen molar-refractivity contribution in [2.45, 2.75) is 77.0 Å². The first-order valence-electron chi connectivity index (χ1n) is 7.09. The maximum Gasteiger partial charge on any atom is 0.164 e. The third kappa shape index (κ3) is 6.39. The Kier molecular flexibility index (Phi) is 5.90. The average molecular weight is 243 g/mol. The van der Waals surface area contributed by atoms with Gasteiger partial charge in [0, 0.05) is 18.9 Å². The van der Waals surface area contributed by atoms with E-state index in [1.54, 1.807) is 0 Å². The Labute approximate surface area is 105 Å². The van der Waals surface area contributed by atoms with Crippen molar-refractivity contribution < 1.29 is 10.2 Å². The Bertz CT molecular complexity index is 210. The van der Waals surface area contributed by atoms with Crippen molar-refractivity contribution in [1.82, 2.24) is 0 Å². The number of aliphatic hydroxyl groups is 2. The van der Waals surface area contributed by atoms with Crippen molar-refractivity contribution in [3.8, 4) is 0 Å². The van der Waals surface area contributed by atoms with Gasteiger partial charge in [-0.3, -0.25) is 0 Å². The lowest BCUT2D eigenvalue weighted by Gasteiger charge is -2.30. The van der Waals surface area contributed by atoms with Gasteiger partial charge in [-0.25, -0.2) is 0 Å². The van der Waals surface area contributed by atoms with E-state index < -0.39 is 5.79 Å². The van der Waals surface area contributed by atoms with Crippen LogP contribution in [0.1, 0.15) is 65.2 Å². The molecule has 0 heterocycles. The SMILES string of the molecule is CC(C)CC(O)(O)C[C@@H](N)CC1CCCCC1. The van der Waals surface area contributed by atoms with Crippen molar-refractivity contribution in [3.05, 3.63) is 0 Å². The molecule has 3 heteroatoms. The van der Waals surface area contributed by atoms with Crippen LogP contribution in [0.3, 0.4) is 0 Å². The summed E-state index contributed by atoms with van der Waals surface area (Å²) < 4.78 is 0. The van der Waals surface area contributed by atoms with E-state index in [4.69, 9.17) is 5.73 Å². The van der Waals surface area contributed by atoms with E-state index in [9.17, 15) is 10.2 Å². The van der Waals surface area contributed by atoms with E-state index in [1.165, 1.54) is 32.1 Å². The highest BCUT2D eigenvalue weighted by Gasteiger charge is 2.28. The van der Waals surface area contributed by atoms with Crippen LogP contribution >= 0.6 is 0 Å². The van der Waals surface area contributed by atoms with Crippen LogP contribution in [0, 0.1) is 11.8 Å². The van der Waals surface area contributed by atoms with Crippen molar-refractivity contribution in [2.75, 3.05) is 0 Å². The van der Waals surface area contributed by atoms with Gasteiger partial charge in [0.2, 0.25) is 0 Å². The molecule has 0 radical (unpaired) electrons. The Balaban J connectivity index is 2.29. The molecule has 17 heavy (non-hydrogen) atoms. The monoisotopic (exact) mass is 243 g/mol. The normalized spacial score (nSPS) is 20.8. The summed E-state index contributed by atoms with van der Waals surface area (Å²) >= 11 is 0. The Hall–Kier alpha value is -0.120. The lowest BCUT2D eigenvalue weighted by Crippen LogP contribution is -2.39. The summed E-state index contributed by atoms with van der Waals surface area (Å²) in [5.41, 5.74) is 6.05. The number of hydrogen-bond acceptors (Lipinski definition) is 3. The third-order valence-electron chi connectivity index (χ3n) is 3.69. The number of hydrogen-bond donors (Lipinski definition) is 3. The van der Waals surface area contributed by atoms with Crippen LogP contribution in [0.2, 0.25) is 0 Å². The van der Waals surface area contributed by atoms with E-state index in [2.05, 4.69) is 0 Å². The molecule has 0 unspecified atom stereocenters. The van der Waals surface area contributed by atoms with Gasteiger partial charge in [0.05, 0.1) is 0 Å². The van der Waals surface area contributed by atoms with Crippen LogP contribution in [0.15, 0.2) is 0 Å². The van der Waals surface area contributed by atoms with Crippen molar-refractivity contribution in [3.63, 3.8) is 0 Å². The van der Waals surface area contributed by atoms with Crippen molar-refractivity contribution >= 4 is 0 Å². The van der Waals surface area contributed by atoms with E-state index >= 15 is 0 Å². The molecule has 0 amide bonds. The summed E-state index contributed by atoms with van der Waals surface area (Å²) in [5.74, 6) is -0.595. The Morgan fingerprint density at radius 2 is 1.71 bits per heavy atom. The topological polar surface area (TPSA) is 66.5 Å². The second-order valence-corrected chi connectivity index (χ2v) is 6.28. The molecule has 0 aromatic rings. The highest BCUT2D eigenvalue weighted by Crippen LogP contribution is 2.29.